The fourth-order valence-electron chi connectivity index (χ4n) is 1.54. The minimum absolute atomic E-state index is 0.288. The Hall–Kier alpha value is -0.340. The second kappa shape index (κ2) is 3.58. The summed E-state index contributed by atoms with van der Waals surface area (Å²) in [5.41, 5.74) is 1.69. The predicted molar refractivity (Wildman–Crippen MR) is 55.6 cm³/mol. The topological polar surface area (TPSA) is 12.0 Å². The lowest BCUT2D eigenvalue weighted by Crippen LogP contribution is -2.29. The Morgan fingerprint density at radius 3 is 2.42 bits per heavy atom. The summed E-state index contributed by atoms with van der Waals surface area (Å²) in [7, 11) is 2.02. The predicted octanol–water partition coefficient (Wildman–Crippen LogP) is 3.05. The molecule has 1 aromatic heterocycles. The normalized spacial score (nSPS) is 14.7. The van der Waals surface area contributed by atoms with Crippen LogP contribution >= 0.6 is 11.3 Å². The lowest BCUT2D eigenvalue weighted by atomic mass is 9.83. The Labute approximate surface area is 78.8 Å². The molecular weight excluding hydrogens is 166 g/mol. The van der Waals surface area contributed by atoms with Crippen molar-refractivity contribution >= 4 is 11.3 Å². The molecule has 2 heteroatoms. The summed E-state index contributed by atoms with van der Waals surface area (Å²) >= 11 is 1.76. The second-order valence-electron chi connectivity index (χ2n) is 4.14. The van der Waals surface area contributed by atoms with Gasteiger partial charge in [0.2, 0.25) is 0 Å². The van der Waals surface area contributed by atoms with E-state index in [9.17, 15) is 0 Å². The molecule has 0 fully saturated rings. The van der Waals surface area contributed by atoms with Gasteiger partial charge < -0.3 is 5.32 Å². The molecule has 1 heterocycles. The van der Waals surface area contributed by atoms with Crippen LogP contribution in [0.4, 0.5) is 0 Å². The number of hydrogen-bond donors (Lipinski definition) is 1. The van der Waals surface area contributed by atoms with Crippen LogP contribution in [0.15, 0.2) is 16.8 Å². The smallest absolute Gasteiger partial charge is 0.0375 e. The minimum Gasteiger partial charge on any atom is -0.313 e. The molecule has 0 aliphatic carbocycles. The average molecular weight is 183 g/mol. The van der Waals surface area contributed by atoms with Crippen molar-refractivity contribution in [1.82, 2.24) is 5.32 Å². The molecule has 68 valence electrons. The quantitative estimate of drug-likeness (QED) is 0.743. The zero-order valence-electron chi connectivity index (χ0n) is 8.22. The fourth-order valence-corrected chi connectivity index (χ4v) is 2.22. The Morgan fingerprint density at radius 1 is 1.42 bits per heavy atom. The first-order chi connectivity index (χ1) is 5.55. The zero-order valence-corrected chi connectivity index (χ0v) is 9.03. The van der Waals surface area contributed by atoms with Crippen molar-refractivity contribution in [3.8, 4) is 0 Å². The van der Waals surface area contributed by atoms with E-state index in [-0.39, 0.29) is 5.41 Å². The van der Waals surface area contributed by atoms with E-state index in [1.54, 1.807) is 11.3 Å². The van der Waals surface area contributed by atoms with Crippen LogP contribution in [0.3, 0.4) is 0 Å². The maximum Gasteiger partial charge on any atom is 0.0375 e. The van der Waals surface area contributed by atoms with E-state index in [2.05, 4.69) is 42.9 Å². The molecule has 12 heavy (non-hydrogen) atoms. The minimum atomic E-state index is 0.288. The molecule has 0 aliphatic rings. The van der Waals surface area contributed by atoms with Crippen molar-refractivity contribution < 1.29 is 0 Å². The molecule has 1 unspecified atom stereocenters. The van der Waals surface area contributed by atoms with Gasteiger partial charge in [-0.15, -0.1) is 0 Å². The third-order valence-electron chi connectivity index (χ3n) is 2.03. The van der Waals surface area contributed by atoms with Crippen molar-refractivity contribution in [2.45, 2.75) is 26.8 Å². The third-order valence-corrected chi connectivity index (χ3v) is 2.73. The Bertz CT molecular complexity index is 220. The molecule has 0 aliphatic heterocycles. The van der Waals surface area contributed by atoms with Crippen molar-refractivity contribution in [2.24, 2.45) is 5.41 Å². The lowest BCUT2D eigenvalue weighted by molar-refractivity contribution is 0.287. The lowest BCUT2D eigenvalue weighted by Gasteiger charge is -2.29. The molecule has 0 saturated carbocycles. The van der Waals surface area contributed by atoms with E-state index in [1.165, 1.54) is 5.56 Å². The molecule has 0 aromatic carbocycles. The molecule has 1 aromatic rings. The molecule has 0 saturated heterocycles. The van der Waals surface area contributed by atoms with Gasteiger partial charge in [-0.25, -0.2) is 0 Å². The van der Waals surface area contributed by atoms with Crippen LogP contribution in [-0.2, 0) is 0 Å². The van der Waals surface area contributed by atoms with E-state index in [1.807, 2.05) is 7.05 Å². The number of rotatable bonds is 2. The first-order valence-corrected chi connectivity index (χ1v) is 5.19. The largest absolute Gasteiger partial charge is 0.313 e. The van der Waals surface area contributed by atoms with E-state index in [4.69, 9.17) is 0 Å². The Kier molecular flexibility index (Phi) is 2.91. The van der Waals surface area contributed by atoms with Crippen molar-refractivity contribution in [3.05, 3.63) is 22.4 Å². The third kappa shape index (κ3) is 2.08. The first kappa shape index (κ1) is 9.75. The second-order valence-corrected chi connectivity index (χ2v) is 4.92. The molecule has 1 atom stereocenters. The molecule has 1 N–H and O–H groups in total. The van der Waals surface area contributed by atoms with Crippen molar-refractivity contribution in [1.29, 1.82) is 0 Å². The van der Waals surface area contributed by atoms with Gasteiger partial charge in [-0.1, -0.05) is 20.8 Å². The van der Waals surface area contributed by atoms with E-state index < -0.39 is 0 Å². The summed E-state index contributed by atoms with van der Waals surface area (Å²) < 4.78 is 0. The molecule has 0 amide bonds. The molecule has 0 radical (unpaired) electrons. The average Bonchev–Trinajstić information content (AvgIpc) is 2.38. The van der Waals surface area contributed by atoms with Crippen LogP contribution in [-0.4, -0.2) is 7.05 Å². The van der Waals surface area contributed by atoms with Crippen LogP contribution in [0.5, 0.6) is 0 Å². The van der Waals surface area contributed by atoms with Gasteiger partial charge in [0.15, 0.2) is 0 Å². The van der Waals surface area contributed by atoms with Gasteiger partial charge in [-0.2, -0.15) is 11.3 Å². The van der Waals surface area contributed by atoms with Gasteiger partial charge in [-0.05, 0) is 34.9 Å². The highest BCUT2D eigenvalue weighted by Gasteiger charge is 2.24. The molecule has 0 bridgehead atoms. The fraction of sp³-hybridized carbons (Fsp3) is 0.600. The Morgan fingerprint density at radius 2 is 2.08 bits per heavy atom. The summed E-state index contributed by atoms with van der Waals surface area (Å²) in [5.74, 6) is 0. The molecular formula is C10H17NS. The van der Waals surface area contributed by atoms with Crippen molar-refractivity contribution in [3.63, 3.8) is 0 Å². The van der Waals surface area contributed by atoms with Crippen LogP contribution in [0.1, 0.15) is 32.4 Å². The number of thiophene rings is 1. The highest BCUT2D eigenvalue weighted by molar-refractivity contribution is 7.07. The first-order valence-electron chi connectivity index (χ1n) is 4.25. The summed E-state index contributed by atoms with van der Waals surface area (Å²) in [5, 5.41) is 7.70. The maximum atomic E-state index is 3.35. The number of nitrogens with one attached hydrogen (secondary N) is 1. The van der Waals surface area contributed by atoms with Gasteiger partial charge in [0.25, 0.3) is 0 Å². The van der Waals surface area contributed by atoms with E-state index in [0.29, 0.717) is 6.04 Å². The summed E-state index contributed by atoms with van der Waals surface area (Å²) in [6.07, 6.45) is 0. The molecule has 1 nitrogen and oxygen atoms in total. The molecule has 1 rings (SSSR count). The highest BCUT2D eigenvalue weighted by Crippen LogP contribution is 2.33. The standard InChI is InChI=1S/C10H17NS/c1-10(2,3)9(11-4)8-5-6-12-7-8/h5-7,9,11H,1-4H3. The van der Waals surface area contributed by atoms with Gasteiger partial charge in [0.05, 0.1) is 0 Å². The van der Waals surface area contributed by atoms with Crippen LogP contribution in [0.25, 0.3) is 0 Å². The van der Waals surface area contributed by atoms with Crippen LogP contribution < -0.4 is 5.32 Å². The summed E-state index contributed by atoms with van der Waals surface area (Å²) in [6.45, 7) is 6.77. The summed E-state index contributed by atoms with van der Waals surface area (Å²) in [4.78, 5) is 0. The monoisotopic (exact) mass is 183 g/mol. The van der Waals surface area contributed by atoms with E-state index >= 15 is 0 Å². The van der Waals surface area contributed by atoms with Crippen molar-refractivity contribution in [2.75, 3.05) is 7.05 Å². The highest BCUT2D eigenvalue weighted by atomic mass is 32.1. The zero-order chi connectivity index (χ0) is 9.19. The van der Waals surface area contributed by atoms with E-state index in [0.717, 1.165) is 0 Å². The maximum absolute atomic E-state index is 3.35. The van der Waals surface area contributed by atoms with Gasteiger partial charge in [0.1, 0.15) is 0 Å². The van der Waals surface area contributed by atoms with Gasteiger partial charge in [0, 0.05) is 6.04 Å². The summed E-state index contributed by atoms with van der Waals surface area (Å²) in [6, 6.07) is 2.65. The Balaban J connectivity index is 2.84. The van der Waals surface area contributed by atoms with Gasteiger partial charge >= 0.3 is 0 Å². The molecule has 0 spiro atoms. The SMILES string of the molecule is CNC(c1ccsc1)C(C)(C)C. The number of hydrogen-bond acceptors (Lipinski definition) is 2. The van der Waals surface area contributed by atoms with Crippen LogP contribution in [0, 0.1) is 5.41 Å². The van der Waals surface area contributed by atoms with Gasteiger partial charge in [-0.3, -0.25) is 0 Å². The van der Waals surface area contributed by atoms with Crippen LogP contribution in [0.2, 0.25) is 0 Å².